The number of likely N-dealkylation sites (tertiary alicyclic amines) is 1. The van der Waals surface area contributed by atoms with Crippen LogP contribution < -0.4 is 11.1 Å². The molecule has 1 fully saturated rings. The number of rotatable bonds is 5. The van der Waals surface area contributed by atoms with Gasteiger partial charge in [-0.25, -0.2) is 4.99 Å². The summed E-state index contributed by atoms with van der Waals surface area (Å²) in [6, 6.07) is 7.81. The van der Waals surface area contributed by atoms with E-state index in [2.05, 4.69) is 15.2 Å². The van der Waals surface area contributed by atoms with Crippen LogP contribution in [-0.4, -0.2) is 29.9 Å². The zero-order valence-corrected chi connectivity index (χ0v) is 17.0. The third-order valence-electron chi connectivity index (χ3n) is 3.91. The van der Waals surface area contributed by atoms with Gasteiger partial charge in [-0.2, -0.15) is 0 Å². The first kappa shape index (κ1) is 20.7. The molecule has 0 radical (unpaired) electrons. The molecule has 1 aromatic carbocycles. The van der Waals surface area contributed by atoms with Crippen LogP contribution in [0.4, 0.5) is 5.69 Å². The Bertz CT molecular complexity index is 554. The number of nitrogens with two attached hydrogens (primary N) is 1. The van der Waals surface area contributed by atoms with Gasteiger partial charge in [-0.3, -0.25) is 4.79 Å². The fourth-order valence-corrected chi connectivity index (χ4v) is 2.73. The number of amides is 1. The molecule has 0 aliphatic carbocycles. The summed E-state index contributed by atoms with van der Waals surface area (Å²) >= 11 is 0. The van der Waals surface area contributed by atoms with Crippen LogP contribution in [0.1, 0.15) is 45.1 Å². The van der Waals surface area contributed by atoms with Gasteiger partial charge < -0.3 is 16.0 Å². The summed E-state index contributed by atoms with van der Waals surface area (Å²) in [4.78, 5) is 18.5. The van der Waals surface area contributed by atoms with Gasteiger partial charge in [0.25, 0.3) is 0 Å². The Hall–Kier alpha value is -1.31. The van der Waals surface area contributed by atoms with Gasteiger partial charge in [0, 0.05) is 25.2 Å². The van der Waals surface area contributed by atoms with Crippen molar-refractivity contribution in [3.8, 4) is 0 Å². The highest BCUT2D eigenvalue weighted by Gasteiger charge is 2.11. The maximum absolute atomic E-state index is 11.8. The molecule has 134 valence electrons. The molecule has 1 heterocycles. The Labute approximate surface area is 162 Å². The van der Waals surface area contributed by atoms with Crippen molar-refractivity contribution < 1.29 is 4.79 Å². The highest BCUT2D eigenvalue weighted by molar-refractivity contribution is 14.0. The quantitative estimate of drug-likeness (QED) is 0.414. The molecule has 0 unspecified atom stereocenters. The zero-order valence-electron chi connectivity index (χ0n) is 14.6. The number of nitrogens with zero attached hydrogens (tertiary/aromatic N) is 2. The molecule has 0 atom stereocenters. The first-order valence-electron chi connectivity index (χ1n) is 8.48. The third-order valence-corrected chi connectivity index (χ3v) is 3.91. The van der Waals surface area contributed by atoms with Crippen molar-refractivity contribution in [1.82, 2.24) is 4.90 Å². The van der Waals surface area contributed by atoms with Crippen molar-refractivity contribution in [2.24, 2.45) is 16.6 Å². The molecule has 1 amide bonds. The van der Waals surface area contributed by atoms with Crippen LogP contribution in [-0.2, 0) is 11.3 Å². The average Bonchev–Trinajstić information content (AvgIpc) is 2.53. The lowest BCUT2D eigenvalue weighted by Crippen LogP contribution is -2.40. The summed E-state index contributed by atoms with van der Waals surface area (Å²) in [5, 5.41) is 2.94. The Balaban J connectivity index is 0.00000288. The molecule has 6 heteroatoms. The van der Waals surface area contributed by atoms with Crippen molar-refractivity contribution in [1.29, 1.82) is 0 Å². The van der Waals surface area contributed by atoms with Crippen LogP contribution in [0.5, 0.6) is 0 Å². The first-order valence-corrected chi connectivity index (χ1v) is 8.48. The van der Waals surface area contributed by atoms with Crippen molar-refractivity contribution in [2.75, 3.05) is 18.4 Å². The smallest absolute Gasteiger partial charge is 0.224 e. The zero-order chi connectivity index (χ0) is 16.7. The number of nitrogens with one attached hydrogen (secondary N) is 1. The standard InChI is InChI=1S/C18H28N4O.HI/c1-14(2)11-17(23)21-16-8-6-7-15(12-16)13-20-18(19)22-9-4-3-5-10-22;/h6-8,12,14H,3-5,9-11,13H2,1-2H3,(H2,19,20)(H,21,23);1H. The molecule has 2 rings (SSSR count). The van der Waals surface area contributed by atoms with Gasteiger partial charge in [-0.05, 0) is 42.9 Å². The second-order valence-electron chi connectivity index (χ2n) is 6.57. The highest BCUT2D eigenvalue weighted by Crippen LogP contribution is 2.14. The Morgan fingerprint density at radius 3 is 2.67 bits per heavy atom. The van der Waals surface area contributed by atoms with E-state index in [0.717, 1.165) is 24.3 Å². The molecule has 0 bridgehead atoms. The first-order chi connectivity index (χ1) is 11.0. The van der Waals surface area contributed by atoms with E-state index < -0.39 is 0 Å². The van der Waals surface area contributed by atoms with Gasteiger partial charge in [0.2, 0.25) is 5.91 Å². The Morgan fingerprint density at radius 1 is 1.29 bits per heavy atom. The van der Waals surface area contributed by atoms with Crippen molar-refractivity contribution in [3.63, 3.8) is 0 Å². The van der Waals surface area contributed by atoms with Crippen LogP contribution in [0.15, 0.2) is 29.3 Å². The number of benzene rings is 1. The van der Waals surface area contributed by atoms with Gasteiger partial charge >= 0.3 is 0 Å². The third kappa shape index (κ3) is 7.07. The van der Waals surface area contributed by atoms with E-state index in [-0.39, 0.29) is 29.9 Å². The second kappa shape index (κ2) is 10.5. The number of piperidine rings is 1. The van der Waals surface area contributed by atoms with Gasteiger partial charge in [0.05, 0.1) is 6.54 Å². The Kier molecular flexibility index (Phi) is 9.10. The summed E-state index contributed by atoms with van der Waals surface area (Å²) in [5.41, 5.74) is 7.94. The number of hydrogen-bond donors (Lipinski definition) is 2. The number of guanidine groups is 1. The van der Waals surface area contributed by atoms with Crippen LogP contribution in [0.25, 0.3) is 0 Å². The van der Waals surface area contributed by atoms with Gasteiger partial charge in [0.1, 0.15) is 0 Å². The fraction of sp³-hybridized carbons (Fsp3) is 0.556. The van der Waals surface area contributed by atoms with Crippen LogP contribution in [0, 0.1) is 5.92 Å². The molecule has 1 aromatic rings. The molecule has 24 heavy (non-hydrogen) atoms. The number of carbonyl (C=O) groups excluding carboxylic acids is 1. The predicted molar refractivity (Wildman–Crippen MR) is 111 cm³/mol. The molecule has 1 saturated heterocycles. The molecule has 1 aliphatic heterocycles. The lowest BCUT2D eigenvalue weighted by atomic mass is 10.1. The number of carbonyl (C=O) groups is 1. The highest BCUT2D eigenvalue weighted by atomic mass is 127. The van der Waals surface area contributed by atoms with Crippen molar-refractivity contribution in [2.45, 2.75) is 46.1 Å². The van der Waals surface area contributed by atoms with Crippen molar-refractivity contribution >= 4 is 41.5 Å². The van der Waals surface area contributed by atoms with Gasteiger partial charge in [-0.1, -0.05) is 26.0 Å². The van der Waals surface area contributed by atoms with Gasteiger partial charge in [-0.15, -0.1) is 24.0 Å². The number of halogens is 1. The topological polar surface area (TPSA) is 70.7 Å². The van der Waals surface area contributed by atoms with E-state index in [1.54, 1.807) is 0 Å². The van der Waals surface area contributed by atoms with E-state index in [0.29, 0.717) is 24.8 Å². The lowest BCUT2D eigenvalue weighted by molar-refractivity contribution is -0.116. The molecular weight excluding hydrogens is 415 g/mol. The molecule has 5 nitrogen and oxygen atoms in total. The lowest BCUT2D eigenvalue weighted by Gasteiger charge is -2.27. The summed E-state index contributed by atoms with van der Waals surface area (Å²) in [6.45, 7) is 6.61. The largest absolute Gasteiger partial charge is 0.370 e. The summed E-state index contributed by atoms with van der Waals surface area (Å²) in [5.74, 6) is 1.03. The Morgan fingerprint density at radius 2 is 2.00 bits per heavy atom. The number of anilines is 1. The maximum atomic E-state index is 11.8. The number of hydrogen-bond acceptors (Lipinski definition) is 2. The maximum Gasteiger partial charge on any atom is 0.224 e. The van der Waals surface area contributed by atoms with E-state index in [4.69, 9.17) is 5.73 Å². The summed E-state index contributed by atoms with van der Waals surface area (Å²) < 4.78 is 0. The molecule has 1 aliphatic rings. The molecule has 0 aromatic heterocycles. The van der Waals surface area contributed by atoms with Crippen LogP contribution in [0.2, 0.25) is 0 Å². The second-order valence-corrected chi connectivity index (χ2v) is 6.57. The monoisotopic (exact) mass is 444 g/mol. The van der Waals surface area contributed by atoms with Crippen LogP contribution >= 0.6 is 24.0 Å². The van der Waals surface area contributed by atoms with E-state index in [1.807, 2.05) is 38.1 Å². The minimum atomic E-state index is 0. The molecule has 3 N–H and O–H groups in total. The fourth-order valence-electron chi connectivity index (χ4n) is 2.73. The normalized spacial score (nSPS) is 15.1. The van der Waals surface area contributed by atoms with Crippen LogP contribution in [0.3, 0.4) is 0 Å². The molecule has 0 spiro atoms. The molecule has 0 saturated carbocycles. The minimum Gasteiger partial charge on any atom is -0.370 e. The minimum absolute atomic E-state index is 0. The summed E-state index contributed by atoms with van der Waals surface area (Å²) in [7, 11) is 0. The van der Waals surface area contributed by atoms with E-state index in [1.165, 1.54) is 19.3 Å². The average molecular weight is 444 g/mol. The molecular formula is C18H29IN4O. The number of aliphatic imine (C=N–C) groups is 1. The van der Waals surface area contributed by atoms with E-state index >= 15 is 0 Å². The SMILES string of the molecule is CC(C)CC(=O)Nc1cccc(CN=C(N)N2CCCCC2)c1.I. The predicted octanol–water partition coefficient (Wildman–Crippen LogP) is 3.59. The van der Waals surface area contributed by atoms with Gasteiger partial charge in [0.15, 0.2) is 5.96 Å². The summed E-state index contributed by atoms with van der Waals surface area (Å²) in [6.07, 6.45) is 4.19. The van der Waals surface area contributed by atoms with E-state index in [9.17, 15) is 4.79 Å². The van der Waals surface area contributed by atoms with Crippen molar-refractivity contribution in [3.05, 3.63) is 29.8 Å².